The van der Waals surface area contributed by atoms with Crippen molar-refractivity contribution in [3.63, 3.8) is 0 Å². The monoisotopic (exact) mass is 256 g/mol. The first kappa shape index (κ1) is 14.1. The molecule has 96 valence electrons. The second kappa shape index (κ2) is 7.40. The Morgan fingerprint density at radius 1 is 1.53 bits per heavy atom. The summed E-state index contributed by atoms with van der Waals surface area (Å²) in [4.78, 5) is 17.2. The van der Waals surface area contributed by atoms with E-state index in [4.69, 9.17) is 5.11 Å². The van der Waals surface area contributed by atoms with Crippen molar-refractivity contribution in [2.24, 2.45) is 0 Å². The van der Waals surface area contributed by atoms with Crippen molar-refractivity contribution in [2.75, 3.05) is 13.1 Å². The Hall–Kier alpha value is -0.940. The van der Waals surface area contributed by atoms with E-state index in [1.54, 1.807) is 11.3 Å². The molecular weight excluding hydrogens is 236 g/mol. The summed E-state index contributed by atoms with van der Waals surface area (Å²) in [5.74, 6) is -0.742. The maximum Gasteiger partial charge on any atom is 0.304 e. The Kier molecular flexibility index (Phi) is 6.15. The predicted octanol–water partition coefficient (Wildman–Crippen LogP) is 2.39. The lowest BCUT2D eigenvalue weighted by molar-refractivity contribution is -0.137. The van der Waals surface area contributed by atoms with Crippen LogP contribution in [0.3, 0.4) is 0 Å². The molecule has 4 nitrogen and oxygen atoms in total. The van der Waals surface area contributed by atoms with Crippen molar-refractivity contribution < 1.29 is 9.90 Å². The summed E-state index contributed by atoms with van der Waals surface area (Å²) in [6.45, 7) is 6.39. The number of rotatable bonds is 8. The number of hydrogen-bond acceptors (Lipinski definition) is 4. The average Bonchev–Trinajstić information content (AvgIpc) is 2.72. The highest BCUT2D eigenvalue weighted by Gasteiger charge is 2.08. The van der Waals surface area contributed by atoms with E-state index in [1.807, 2.05) is 6.92 Å². The number of thiazole rings is 1. The number of nitrogens with zero attached hydrogens (tertiary/aromatic N) is 2. The molecule has 0 radical (unpaired) electrons. The third kappa shape index (κ3) is 5.28. The van der Waals surface area contributed by atoms with E-state index in [1.165, 1.54) is 5.01 Å². The van der Waals surface area contributed by atoms with Gasteiger partial charge in [-0.3, -0.25) is 9.69 Å². The van der Waals surface area contributed by atoms with Gasteiger partial charge in [0, 0.05) is 18.5 Å². The van der Waals surface area contributed by atoms with Crippen molar-refractivity contribution in [1.29, 1.82) is 0 Å². The van der Waals surface area contributed by atoms with Crippen LogP contribution in [-0.2, 0) is 17.8 Å². The smallest absolute Gasteiger partial charge is 0.304 e. The molecule has 1 N–H and O–H groups in total. The summed E-state index contributed by atoms with van der Waals surface area (Å²) in [6.07, 6.45) is 2.34. The molecule has 0 fully saturated rings. The highest BCUT2D eigenvalue weighted by molar-refractivity contribution is 7.09. The molecule has 1 rings (SSSR count). The number of aromatic nitrogens is 1. The molecule has 17 heavy (non-hydrogen) atoms. The Morgan fingerprint density at radius 2 is 2.29 bits per heavy atom. The van der Waals surface area contributed by atoms with Gasteiger partial charge in [-0.15, -0.1) is 11.3 Å². The van der Waals surface area contributed by atoms with E-state index >= 15 is 0 Å². The fourth-order valence-electron chi connectivity index (χ4n) is 1.58. The Morgan fingerprint density at radius 3 is 2.88 bits per heavy atom. The molecule has 0 aliphatic carbocycles. The van der Waals surface area contributed by atoms with Gasteiger partial charge in [-0.05, 0) is 19.4 Å². The number of aryl methyl sites for hydroxylation is 1. The van der Waals surface area contributed by atoms with Gasteiger partial charge in [-0.25, -0.2) is 4.98 Å². The minimum atomic E-state index is -0.742. The molecular formula is C12H20N2O2S. The van der Waals surface area contributed by atoms with E-state index in [9.17, 15) is 4.79 Å². The molecule has 0 amide bonds. The third-order valence-corrected chi connectivity index (χ3v) is 3.50. The first-order valence-corrected chi connectivity index (χ1v) is 6.91. The highest BCUT2D eigenvalue weighted by atomic mass is 32.1. The van der Waals surface area contributed by atoms with Crippen LogP contribution in [0.5, 0.6) is 0 Å². The normalized spacial score (nSPS) is 11.0. The molecule has 0 atom stereocenters. The lowest BCUT2D eigenvalue weighted by atomic mass is 10.3. The lowest BCUT2D eigenvalue weighted by Gasteiger charge is -2.17. The van der Waals surface area contributed by atoms with E-state index in [0.717, 1.165) is 31.6 Å². The summed E-state index contributed by atoms with van der Waals surface area (Å²) < 4.78 is 0. The second-order valence-corrected chi connectivity index (χ2v) is 4.94. The Labute approximate surface area is 106 Å². The Balaban J connectivity index is 2.45. The molecule has 5 heteroatoms. The van der Waals surface area contributed by atoms with Crippen LogP contribution in [0.25, 0.3) is 0 Å². The molecule has 0 spiro atoms. The summed E-state index contributed by atoms with van der Waals surface area (Å²) in [5.41, 5.74) is 1.06. The van der Waals surface area contributed by atoms with Crippen LogP contribution in [0.2, 0.25) is 0 Å². The van der Waals surface area contributed by atoms with Crippen LogP contribution < -0.4 is 0 Å². The van der Waals surface area contributed by atoms with Crippen molar-refractivity contribution in [3.05, 3.63) is 16.1 Å². The van der Waals surface area contributed by atoms with Crippen LogP contribution >= 0.6 is 11.3 Å². The summed E-state index contributed by atoms with van der Waals surface area (Å²) in [5, 5.41) is 11.9. The number of aliphatic carboxylic acids is 1. The van der Waals surface area contributed by atoms with Gasteiger partial charge in [-0.2, -0.15) is 0 Å². The van der Waals surface area contributed by atoms with E-state index < -0.39 is 5.97 Å². The highest BCUT2D eigenvalue weighted by Crippen LogP contribution is 2.13. The third-order valence-electron chi connectivity index (χ3n) is 2.54. The lowest BCUT2D eigenvalue weighted by Crippen LogP contribution is -2.25. The maximum atomic E-state index is 10.5. The molecule has 0 unspecified atom stereocenters. The van der Waals surface area contributed by atoms with Gasteiger partial charge in [0.2, 0.25) is 0 Å². The molecule has 0 aliphatic rings. The zero-order chi connectivity index (χ0) is 12.7. The van der Waals surface area contributed by atoms with Crippen LogP contribution in [0.4, 0.5) is 0 Å². The van der Waals surface area contributed by atoms with Gasteiger partial charge < -0.3 is 5.11 Å². The van der Waals surface area contributed by atoms with Crippen molar-refractivity contribution in [1.82, 2.24) is 9.88 Å². The van der Waals surface area contributed by atoms with E-state index in [0.29, 0.717) is 6.54 Å². The van der Waals surface area contributed by atoms with Gasteiger partial charge in [0.15, 0.2) is 0 Å². The minimum Gasteiger partial charge on any atom is -0.481 e. The van der Waals surface area contributed by atoms with Gasteiger partial charge in [0.1, 0.15) is 0 Å². The quantitative estimate of drug-likeness (QED) is 0.776. The zero-order valence-electron chi connectivity index (χ0n) is 10.5. The number of carboxylic acids is 1. The maximum absolute atomic E-state index is 10.5. The van der Waals surface area contributed by atoms with Crippen LogP contribution in [0.1, 0.15) is 37.4 Å². The van der Waals surface area contributed by atoms with Crippen LogP contribution in [-0.4, -0.2) is 34.0 Å². The van der Waals surface area contributed by atoms with E-state index in [2.05, 4.69) is 22.2 Å². The standard InChI is InChI=1S/C12H20N2O2S/c1-3-5-11-13-10(9-17-11)8-14(4-2)7-6-12(15)16/h9H,3-8H2,1-2H3,(H,15,16). The van der Waals surface area contributed by atoms with E-state index in [-0.39, 0.29) is 6.42 Å². The molecule has 0 saturated carbocycles. The van der Waals surface area contributed by atoms with Gasteiger partial charge in [0.25, 0.3) is 0 Å². The van der Waals surface area contributed by atoms with Crippen LogP contribution in [0, 0.1) is 0 Å². The minimum absolute atomic E-state index is 0.194. The van der Waals surface area contributed by atoms with Gasteiger partial charge >= 0.3 is 5.97 Å². The molecule has 0 saturated heterocycles. The topological polar surface area (TPSA) is 53.4 Å². The number of carbonyl (C=O) groups is 1. The SMILES string of the molecule is CCCc1nc(CN(CC)CCC(=O)O)cs1. The molecule has 0 aliphatic heterocycles. The first-order valence-electron chi connectivity index (χ1n) is 6.03. The molecule has 0 aromatic carbocycles. The van der Waals surface area contributed by atoms with Crippen molar-refractivity contribution in [2.45, 2.75) is 39.7 Å². The fourth-order valence-corrected chi connectivity index (χ4v) is 2.47. The fraction of sp³-hybridized carbons (Fsp3) is 0.667. The summed E-state index contributed by atoms with van der Waals surface area (Å²) in [7, 11) is 0. The van der Waals surface area contributed by atoms with Crippen molar-refractivity contribution >= 4 is 17.3 Å². The number of carboxylic acid groups (broad SMARTS) is 1. The molecule has 1 aromatic rings. The molecule has 0 bridgehead atoms. The molecule has 1 heterocycles. The average molecular weight is 256 g/mol. The van der Waals surface area contributed by atoms with Gasteiger partial charge in [0.05, 0.1) is 17.1 Å². The summed E-state index contributed by atoms with van der Waals surface area (Å²) in [6, 6.07) is 0. The van der Waals surface area contributed by atoms with Crippen LogP contribution in [0.15, 0.2) is 5.38 Å². The largest absolute Gasteiger partial charge is 0.481 e. The number of hydrogen-bond donors (Lipinski definition) is 1. The molecule has 1 aromatic heterocycles. The van der Waals surface area contributed by atoms with Gasteiger partial charge in [-0.1, -0.05) is 13.8 Å². The van der Waals surface area contributed by atoms with Crippen molar-refractivity contribution in [3.8, 4) is 0 Å². The zero-order valence-corrected chi connectivity index (χ0v) is 11.3. The Bertz CT molecular complexity index is 352. The summed E-state index contributed by atoms with van der Waals surface area (Å²) >= 11 is 1.70. The predicted molar refractivity (Wildman–Crippen MR) is 69.3 cm³/mol. The first-order chi connectivity index (χ1) is 8.15. The second-order valence-electron chi connectivity index (χ2n) is 4.00.